The lowest BCUT2D eigenvalue weighted by Crippen LogP contribution is -2.44. The van der Waals surface area contributed by atoms with Crippen LogP contribution in [0.1, 0.15) is 30.4 Å². The molecule has 33 heavy (non-hydrogen) atoms. The molecule has 1 atom stereocenters. The number of alkyl carbamates (subject to hydrolysis) is 1. The second-order valence-electron chi connectivity index (χ2n) is 7.10. The third-order valence-electron chi connectivity index (χ3n) is 4.58. The van der Waals surface area contributed by atoms with Crippen molar-refractivity contribution in [3.63, 3.8) is 0 Å². The van der Waals surface area contributed by atoms with Crippen LogP contribution in [0.2, 0.25) is 0 Å². The summed E-state index contributed by atoms with van der Waals surface area (Å²) < 4.78 is 10.3. The summed E-state index contributed by atoms with van der Waals surface area (Å²) in [6.07, 6.45) is -1.77. The summed E-state index contributed by atoms with van der Waals surface area (Å²) in [5, 5.41) is 2.64. The first-order valence-electron chi connectivity index (χ1n) is 10.2. The summed E-state index contributed by atoms with van der Waals surface area (Å²) in [6, 6.07) is 16.2. The van der Waals surface area contributed by atoms with Crippen LogP contribution < -0.4 is 5.32 Å². The Morgan fingerprint density at radius 3 is 1.88 bits per heavy atom. The molecule has 10 nitrogen and oxygen atoms in total. The number of hydroxylamine groups is 2. The highest BCUT2D eigenvalue weighted by Crippen LogP contribution is 2.14. The molecule has 0 aromatic heterocycles. The fourth-order valence-corrected chi connectivity index (χ4v) is 2.89. The number of imide groups is 1. The van der Waals surface area contributed by atoms with Gasteiger partial charge in [0.05, 0.1) is 6.42 Å². The average molecular weight is 454 g/mol. The van der Waals surface area contributed by atoms with E-state index in [1.54, 1.807) is 54.6 Å². The largest absolute Gasteiger partial charge is 0.459 e. The monoisotopic (exact) mass is 454 g/mol. The second-order valence-corrected chi connectivity index (χ2v) is 7.10. The molecule has 1 aliphatic rings. The van der Waals surface area contributed by atoms with Gasteiger partial charge >= 0.3 is 18.0 Å². The molecule has 1 fully saturated rings. The fraction of sp³-hybridized carbons (Fsp3) is 0.261. The third-order valence-corrected chi connectivity index (χ3v) is 4.58. The minimum atomic E-state index is -1.46. The minimum Gasteiger partial charge on any atom is -0.459 e. The van der Waals surface area contributed by atoms with E-state index in [2.05, 4.69) is 5.32 Å². The van der Waals surface area contributed by atoms with E-state index < -0.39 is 42.3 Å². The molecule has 172 valence electrons. The van der Waals surface area contributed by atoms with Gasteiger partial charge in [-0.3, -0.25) is 9.59 Å². The number of nitrogens with zero attached hydrogens (tertiary/aromatic N) is 1. The lowest BCUT2D eigenvalue weighted by Gasteiger charge is -2.18. The first-order valence-corrected chi connectivity index (χ1v) is 10.2. The number of rotatable bonds is 9. The van der Waals surface area contributed by atoms with Crippen molar-refractivity contribution in [1.82, 2.24) is 10.4 Å². The highest BCUT2D eigenvalue weighted by Gasteiger charge is 2.35. The zero-order valence-electron chi connectivity index (χ0n) is 17.6. The van der Waals surface area contributed by atoms with Gasteiger partial charge in [-0.15, -0.1) is 5.06 Å². The summed E-state index contributed by atoms with van der Waals surface area (Å²) in [5.74, 6) is -3.30. The number of nitrogens with one attached hydrogen (secondary N) is 1. The van der Waals surface area contributed by atoms with Gasteiger partial charge in [0, 0.05) is 12.8 Å². The quantitative estimate of drug-likeness (QED) is 0.450. The van der Waals surface area contributed by atoms with Crippen LogP contribution in [-0.2, 0) is 46.7 Å². The van der Waals surface area contributed by atoms with Crippen LogP contribution in [0.15, 0.2) is 60.7 Å². The van der Waals surface area contributed by atoms with Gasteiger partial charge in [-0.25, -0.2) is 14.4 Å². The maximum Gasteiger partial charge on any atom is 0.408 e. The number of hydrogen-bond donors (Lipinski definition) is 1. The first kappa shape index (κ1) is 23.5. The van der Waals surface area contributed by atoms with Gasteiger partial charge in [0.1, 0.15) is 19.3 Å². The Balaban J connectivity index is 1.60. The van der Waals surface area contributed by atoms with Gasteiger partial charge in [0.25, 0.3) is 11.8 Å². The van der Waals surface area contributed by atoms with E-state index in [1.807, 2.05) is 6.07 Å². The number of esters is 1. The van der Waals surface area contributed by atoms with Crippen LogP contribution in [-0.4, -0.2) is 41.0 Å². The van der Waals surface area contributed by atoms with Crippen LogP contribution >= 0.6 is 0 Å². The molecule has 0 saturated carbocycles. The van der Waals surface area contributed by atoms with Crippen LogP contribution in [0.4, 0.5) is 4.79 Å². The molecule has 1 heterocycles. The highest BCUT2D eigenvalue weighted by molar-refractivity contribution is 6.01. The van der Waals surface area contributed by atoms with E-state index in [1.165, 1.54) is 0 Å². The van der Waals surface area contributed by atoms with Crippen molar-refractivity contribution in [1.29, 1.82) is 0 Å². The minimum absolute atomic E-state index is 0.0559. The maximum atomic E-state index is 12.6. The molecule has 10 heteroatoms. The highest BCUT2D eigenvalue weighted by atomic mass is 16.7. The normalized spacial score (nSPS) is 13.9. The maximum absolute atomic E-state index is 12.6. The van der Waals surface area contributed by atoms with Crippen molar-refractivity contribution >= 4 is 29.8 Å². The number of hydrogen-bond acceptors (Lipinski definition) is 8. The zero-order valence-corrected chi connectivity index (χ0v) is 17.6. The molecule has 3 amide bonds. The Hall–Kier alpha value is -4.21. The van der Waals surface area contributed by atoms with Gasteiger partial charge in [0.2, 0.25) is 0 Å². The predicted octanol–water partition coefficient (Wildman–Crippen LogP) is 2.02. The Kier molecular flexibility index (Phi) is 8.12. The van der Waals surface area contributed by atoms with Gasteiger partial charge in [-0.05, 0) is 11.1 Å². The third kappa shape index (κ3) is 7.17. The van der Waals surface area contributed by atoms with Crippen LogP contribution in [0, 0.1) is 0 Å². The van der Waals surface area contributed by atoms with E-state index in [4.69, 9.17) is 14.3 Å². The second kappa shape index (κ2) is 11.4. The van der Waals surface area contributed by atoms with E-state index in [0.29, 0.717) is 10.6 Å². The summed E-state index contributed by atoms with van der Waals surface area (Å²) in [7, 11) is 0. The van der Waals surface area contributed by atoms with Crippen molar-refractivity contribution in [3.8, 4) is 0 Å². The smallest absolute Gasteiger partial charge is 0.408 e. The number of ether oxygens (including phenoxy) is 2. The molecule has 0 unspecified atom stereocenters. The molecule has 0 aliphatic carbocycles. The summed E-state index contributed by atoms with van der Waals surface area (Å²) in [6.45, 7) is -0.144. The van der Waals surface area contributed by atoms with Crippen LogP contribution in [0.5, 0.6) is 0 Å². The van der Waals surface area contributed by atoms with Crippen molar-refractivity contribution in [2.24, 2.45) is 0 Å². The Bertz CT molecular complexity index is 994. The van der Waals surface area contributed by atoms with Gasteiger partial charge in [-0.1, -0.05) is 60.7 Å². The molecule has 2 aromatic rings. The molecular weight excluding hydrogens is 432 g/mol. The summed E-state index contributed by atoms with van der Waals surface area (Å²) in [5.41, 5.74) is 1.42. The lowest BCUT2D eigenvalue weighted by molar-refractivity contribution is -0.198. The van der Waals surface area contributed by atoms with Crippen LogP contribution in [0.3, 0.4) is 0 Å². The molecule has 3 rings (SSSR count). The molecule has 2 aromatic carbocycles. The van der Waals surface area contributed by atoms with Gasteiger partial charge in [0.15, 0.2) is 0 Å². The van der Waals surface area contributed by atoms with Crippen molar-refractivity contribution in [2.45, 2.75) is 38.5 Å². The lowest BCUT2D eigenvalue weighted by atomic mass is 10.2. The standard InChI is InChI=1S/C23H22N2O8/c26-19-11-12-20(27)25(19)33-21(28)13-18(22(29)31-14-16-7-3-1-4-8-16)24-23(30)32-15-17-9-5-2-6-10-17/h1-10,18H,11-15H2,(H,24,30)/t18-/m0/s1. The number of carbonyl (C=O) groups excluding carboxylic acids is 5. The SMILES string of the molecule is O=C(C[C@H](NC(=O)OCc1ccccc1)C(=O)OCc1ccccc1)ON1C(=O)CCC1=O. The van der Waals surface area contributed by atoms with Crippen molar-refractivity contribution < 1.29 is 38.3 Å². The summed E-state index contributed by atoms with van der Waals surface area (Å²) in [4.78, 5) is 65.1. The van der Waals surface area contributed by atoms with E-state index in [9.17, 15) is 24.0 Å². The topological polar surface area (TPSA) is 128 Å². The molecule has 1 aliphatic heterocycles. The summed E-state index contributed by atoms with van der Waals surface area (Å²) >= 11 is 0. The molecule has 0 bridgehead atoms. The van der Waals surface area contributed by atoms with Gasteiger partial charge < -0.3 is 19.6 Å². The van der Waals surface area contributed by atoms with E-state index in [-0.39, 0.29) is 26.1 Å². The Labute approximate surface area is 189 Å². The molecule has 1 saturated heterocycles. The Morgan fingerprint density at radius 2 is 1.33 bits per heavy atom. The number of amides is 3. The van der Waals surface area contributed by atoms with E-state index in [0.717, 1.165) is 5.56 Å². The number of carbonyl (C=O) groups is 5. The molecular formula is C23H22N2O8. The first-order chi connectivity index (χ1) is 15.9. The molecule has 0 radical (unpaired) electrons. The average Bonchev–Trinajstić information content (AvgIpc) is 3.14. The number of benzene rings is 2. The Morgan fingerprint density at radius 1 is 0.818 bits per heavy atom. The van der Waals surface area contributed by atoms with E-state index >= 15 is 0 Å². The predicted molar refractivity (Wildman–Crippen MR) is 112 cm³/mol. The zero-order chi connectivity index (χ0) is 23.6. The molecule has 0 spiro atoms. The van der Waals surface area contributed by atoms with Crippen LogP contribution in [0.25, 0.3) is 0 Å². The van der Waals surface area contributed by atoms with Gasteiger partial charge in [-0.2, -0.15) is 0 Å². The van der Waals surface area contributed by atoms with Crippen molar-refractivity contribution in [2.75, 3.05) is 0 Å². The fourth-order valence-electron chi connectivity index (χ4n) is 2.89. The molecule has 1 N–H and O–H groups in total. The van der Waals surface area contributed by atoms with Crippen molar-refractivity contribution in [3.05, 3.63) is 71.8 Å².